The molecule has 1 atom stereocenters. The van der Waals surface area contributed by atoms with Gasteiger partial charge in [0.25, 0.3) is 0 Å². The van der Waals surface area contributed by atoms with Crippen LogP contribution in [0.15, 0.2) is 18.2 Å². The Balaban J connectivity index is 2.11. The molecule has 1 fully saturated rings. The quantitative estimate of drug-likeness (QED) is 0.830. The molecule has 0 saturated heterocycles. The predicted octanol–water partition coefficient (Wildman–Crippen LogP) is 2.78. The van der Waals surface area contributed by atoms with E-state index < -0.39 is 0 Å². The standard InChI is InChI=1S/C12H16FNO/c1-8(14)9-5-6-12(11(13)7-9)15-10-3-2-4-10/h5-8,10H,2-4,14H2,1H3. The molecule has 0 radical (unpaired) electrons. The molecule has 0 aliphatic heterocycles. The molecule has 1 aliphatic carbocycles. The summed E-state index contributed by atoms with van der Waals surface area (Å²) >= 11 is 0. The largest absolute Gasteiger partial charge is 0.487 e. The van der Waals surface area contributed by atoms with Crippen molar-refractivity contribution in [2.45, 2.75) is 38.3 Å². The zero-order valence-corrected chi connectivity index (χ0v) is 8.87. The van der Waals surface area contributed by atoms with E-state index >= 15 is 0 Å². The van der Waals surface area contributed by atoms with Gasteiger partial charge in [-0.1, -0.05) is 6.07 Å². The van der Waals surface area contributed by atoms with Crippen molar-refractivity contribution in [2.75, 3.05) is 0 Å². The van der Waals surface area contributed by atoms with Gasteiger partial charge in [0.05, 0.1) is 6.10 Å². The van der Waals surface area contributed by atoms with E-state index in [1.165, 1.54) is 12.5 Å². The molecule has 2 nitrogen and oxygen atoms in total. The minimum Gasteiger partial charge on any atom is -0.487 e. The molecule has 1 unspecified atom stereocenters. The highest BCUT2D eigenvalue weighted by atomic mass is 19.1. The first kappa shape index (κ1) is 10.4. The number of nitrogens with two attached hydrogens (primary N) is 1. The number of ether oxygens (including phenoxy) is 1. The van der Waals surface area contributed by atoms with E-state index in [2.05, 4.69) is 0 Å². The van der Waals surface area contributed by atoms with Crippen molar-refractivity contribution >= 4 is 0 Å². The molecule has 1 saturated carbocycles. The van der Waals surface area contributed by atoms with Crippen molar-refractivity contribution in [1.29, 1.82) is 0 Å². The van der Waals surface area contributed by atoms with E-state index in [-0.39, 0.29) is 18.0 Å². The van der Waals surface area contributed by atoms with Gasteiger partial charge in [0.15, 0.2) is 11.6 Å². The minimum absolute atomic E-state index is 0.141. The maximum atomic E-state index is 13.6. The third kappa shape index (κ3) is 2.29. The summed E-state index contributed by atoms with van der Waals surface area (Å²) in [7, 11) is 0. The van der Waals surface area contributed by atoms with Gasteiger partial charge in [0, 0.05) is 6.04 Å². The molecule has 82 valence electrons. The second kappa shape index (κ2) is 4.19. The number of benzene rings is 1. The first-order valence-corrected chi connectivity index (χ1v) is 5.38. The lowest BCUT2D eigenvalue weighted by molar-refractivity contribution is 0.115. The first-order valence-electron chi connectivity index (χ1n) is 5.38. The van der Waals surface area contributed by atoms with Gasteiger partial charge in [-0.25, -0.2) is 4.39 Å². The van der Waals surface area contributed by atoms with Gasteiger partial charge in [-0.3, -0.25) is 0 Å². The zero-order valence-electron chi connectivity index (χ0n) is 8.87. The van der Waals surface area contributed by atoms with Crippen LogP contribution in [-0.2, 0) is 0 Å². The Morgan fingerprint density at radius 2 is 2.20 bits per heavy atom. The second-order valence-electron chi connectivity index (χ2n) is 4.15. The van der Waals surface area contributed by atoms with Crippen LogP contribution >= 0.6 is 0 Å². The van der Waals surface area contributed by atoms with Gasteiger partial charge >= 0.3 is 0 Å². The van der Waals surface area contributed by atoms with Crippen molar-refractivity contribution in [3.05, 3.63) is 29.6 Å². The molecule has 1 aromatic rings. The van der Waals surface area contributed by atoms with E-state index in [9.17, 15) is 4.39 Å². The Labute approximate surface area is 89.2 Å². The summed E-state index contributed by atoms with van der Waals surface area (Å²) < 4.78 is 19.1. The average molecular weight is 209 g/mol. The molecule has 15 heavy (non-hydrogen) atoms. The van der Waals surface area contributed by atoms with Crippen LogP contribution in [0.1, 0.15) is 37.8 Å². The zero-order chi connectivity index (χ0) is 10.8. The Bertz CT molecular complexity index is 347. The van der Waals surface area contributed by atoms with Crippen molar-refractivity contribution in [1.82, 2.24) is 0 Å². The van der Waals surface area contributed by atoms with Crippen molar-refractivity contribution < 1.29 is 9.13 Å². The molecule has 2 N–H and O–H groups in total. The van der Waals surface area contributed by atoms with Gasteiger partial charge in [0.1, 0.15) is 0 Å². The Kier molecular flexibility index (Phi) is 2.91. The topological polar surface area (TPSA) is 35.2 Å². The summed E-state index contributed by atoms with van der Waals surface area (Å²) in [5.74, 6) is 0.0424. The molecule has 0 heterocycles. The fourth-order valence-electron chi connectivity index (χ4n) is 1.56. The number of rotatable bonds is 3. The molecular weight excluding hydrogens is 193 g/mol. The first-order chi connectivity index (χ1) is 7.16. The lowest BCUT2D eigenvalue weighted by atomic mass is 9.96. The van der Waals surface area contributed by atoms with E-state index in [1.807, 2.05) is 13.0 Å². The van der Waals surface area contributed by atoms with Crippen LogP contribution in [0.2, 0.25) is 0 Å². The van der Waals surface area contributed by atoms with Crippen LogP contribution in [0.4, 0.5) is 4.39 Å². The maximum Gasteiger partial charge on any atom is 0.165 e. The smallest absolute Gasteiger partial charge is 0.165 e. The summed E-state index contributed by atoms with van der Waals surface area (Å²) in [6.07, 6.45) is 3.47. The number of halogens is 1. The molecule has 0 amide bonds. The molecule has 1 aromatic carbocycles. The molecule has 2 rings (SSSR count). The summed E-state index contributed by atoms with van der Waals surface area (Å²) in [5, 5.41) is 0. The van der Waals surface area contributed by atoms with Gasteiger partial charge < -0.3 is 10.5 Å². The van der Waals surface area contributed by atoms with Gasteiger partial charge in [-0.2, -0.15) is 0 Å². The minimum atomic E-state index is -0.309. The highest BCUT2D eigenvalue weighted by molar-refractivity contribution is 5.31. The lowest BCUT2D eigenvalue weighted by Crippen LogP contribution is -2.25. The van der Waals surface area contributed by atoms with Crippen LogP contribution < -0.4 is 10.5 Å². The number of hydrogen-bond acceptors (Lipinski definition) is 2. The molecule has 0 aromatic heterocycles. The molecule has 3 heteroatoms. The van der Waals surface area contributed by atoms with Crippen LogP contribution in [0.3, 0.4) is 0 Å². The fraction of sp³-hybridized carbons (Fsp3) is 0.500. The van der Waals surface area contributed by atoms with E-state index in [0.717, 1.165) is 18.4 Å². The Morgan fingerprint density at radius 1 is 1.47 bits per heavy atom. The normalized spacial score (nSPS) is 18.3. The molecule has 1 aliphatic rings. The van der Waals surface area contributed by atoms with Crippen LogP contribution in [0.25, 0.3) is 0 Å². The van der Waals surface area contributed by atoms with E-state index in [1.54, 1.807) is 6.07 Å². The molecule has 0 spiro atoms. The third-order valence-corrected chi connectivity index (χ3v) is 2.83. The Hall–Kier alpha value is -1.09. The summed E-state index contributed by atoms with van der Waals surface area (Å²) in [5.41, 5.74) is 6.46. The molecular formula is C12H16FNO. The van der Waals surface area contributed by atoms with Crippen molar-refractivity contribution in [3.63, 3.8) is 0 Å². The summed E-state index contributed by atoms with van der Waals surface area (Å²) in [6, 6.07) is 4.81. The maximum absolute atomic E-state index is 13.6. The van der Waals surface area contributed by atoms with Crippen LogP contribution in [0, 0.1) is 5.82 Å². The Morgan fingerprint density at radius 3 is 2.67 bits per heavy atom. The molecule has 0 bridgehead atoms. The van der Waals surface area contributed by atoms with Gasteiger partial charge in [-0.05, 0) is 43.9 Å². The van der Waals surface area contributed by atoms with Crippen molar-refractivity contribution in [3.8, 4) is 5.75 Å². The highest BCUT2D eigenvalue weighted by Gasteiger charge is 2.20. The van der Waals surface area contributed by atoms with E-state index in [0.29, 0.717) is 5.75 Å². The highest BCUT2D eigenvalue weighted by Crippen LogP contribution is 2.28. The number of hydrogen-bond donors (Lipinski definition) is 1. The SMILES string of the molecule is CC(N)c1ccc(OC2CCC2)c(F)c1. The fourth-order valence-corrected chi connectivity index (χ4v) is 1.56. The van der Waals surface area contributed by atoms with Crippen LogP contribution in [0.5, 0.6) is 5.75 Å². The predicted molar refractivity (Wildman–Crippen MR) is 57.3 cm³/mol. The monoisotopic (exact) mass is 209 g/mol. The van der Waals surface area contributed by atoms with Gasteiger partial charge in [-0.15, -0.1) is 0 Å². The average Bonchev–Trinajstić information content (AvgIpc) is 2.12. The second-order valence-corrected chi connectivity index (χ2v) is 4.15. The lowest BCUT2D eigenvalue weighted by Gasteiger charge is -2.26. The van der Waals surface area contributed by atoms with Gasteiger partial charge in [0.2, 0.25) is 0 Å². The van der Waals surface area contributed by atoms with E-state index in [4.69, 9.17) is 10.5 Å². The van der Waals surface area contributed by atoms with Crippen molar-refractivity contribution in [2.24, 2.45) is 5.73 Å². The summed E-state index contributed by atoms with van der Waals surface area (Å²) in [4.78, 5) is 0. The third-order valence-electron chi connectivity index (χ3n) is 2.83. The van der Waals surface area contributed by atoms with Crippen LogP contribution in [-0.4, -0.2) is 6.10 Å². The summed E-state index contributed by atoms with van der Waals surface area (Å²) in [6.45, 7) is 1.83.